The summed E-state index contributed by atoms with van der Waals surface area (Å²) in [6.45, 7) is 3.34. The molecule has 4 nitrogen and oxygen atoms in total. The Hall–Kier alpha value is -0.610. The molecule has 12 heavy (non-hydrogen) atoms. The third-order valence-electron chi connectivity index (χ3n) is 2.16. The van der Waals surface area contributed by atoms with Crippen LogP contribution < -0.4 is 5.32 Å². The first-order chi connectivity index (χ1) is 5.69. The normalized spacial score (nSPS) is 28.8. The minimum Gasteiger partial charge on any atom is -0.395 e. The highest BCUT2D eigenvalue weighted by Crippen LogP contribution is 2.27. The number of rotatable bonds is 3. The predicted octanol–water partition coefficient (Wildman–Crippen LogP) is -0.479. The van der Waals surface area contributed by atoms with Crippen molar-refractivity contribution in [1.82, 2.24) is 5.32 Å². The largest absolute Gasteiger partial charge is 0.395 e. The summed E-state index contributed by atoms with van der Waals surface area (Å²) in [5.41, 5.74) is -0.380. The predicted molar refractivity (Wildman–Crippen MR) is 43.6 cm³/mol. The van der Waals surface area contributed by atoms with E-state index in [0.717, 1.165) is 6.42 Å². The third kappa shape index (κ3) is 1.95. The molecular formula is C8H15NO3. The van der Waals surface area contributed by atoms with Crippen LogP contribution >= 0.6 is 0 Å². The summed E-state index contributed by atoms with van der Waals surface area (Å²) in [5.74, 6) is -0.0194. The fourth-order valence-electron chi connectivity index (χ4n) is 1.23. The van der Waals surface area contributed by atoms with Crippen LogP contribution in [0.2, 0.25) is 0 Å². The van der Waals surface area contributed by atoms with E-state index in [4.69, 9.17) is 9.84 Å². The number of hydrogen-bond acceptors (Lipinski definition) is 3. The molecule has 0 aromatic heterocycles. The van der Waals surface area contributed by atoms with Gasteiger partial charge in [-0.3, -0.25) is 4.79 Å². The lowest BCUT2D eigenvalue weighted by molar-refractivity contribution is -0.130. The lowest BCUT2D eigenvalue weighted by Crippen LogP contribution is -2.40. The molecule has 0 spiro atoms. The summed E-state index contributed by atoms with van der Waals surface area (Å²) in [4.78, 5) is 11.4. The zero-order valence-corrected chi connectivity index (χ0v) is 7.30. The van der Waals surface area contributed by atoms with Crippen molar-refractivity contribution in [3.63, 3.8) is 0 Å². The number of carbonyl (C=O) groups is 1. The number of aliphatic hydroxyl groups is 1. The van der Waals surface area contributed by atoms with Crippen molar-refractivity contribution in [2.75, 3.05) is 26.4 Å². The van der Waals surface area contributed by atoms with E-state index in [1.54, 1.807) is 0 Å². The van der Waals surface area contributed by atoms with Crippen LogP contribution in [0.1, 0.15) is 13.3 Å². The highest BCUT2D eigenvalue weighted by molar-refractivity contribution is 5.82. The van der Waals surface area contributed by atoms with Gasteiger partial charge in [0.15, 0.2) is 0 Å². The van der Waals surface area contributed by atoms with Gasteiger partial charge in [0.1, 0.15) is 0 Å². The van der Waals surface area contributed by atoms with Gasteiger partial charge in [-0.15, -0.1) is 0 Å². The van der Waals surface area contributed by atoms with Crippen molar-refractivity contribution in [1.29, 1.82) is 0 Å². The summed E-state index contributed by atoms with van der Waals surface area (Å²) in [5, 5.41) is 11.1. The van der Waals surface area contributed by atoms with Gasteiger partial charge in [0.05, 0.1) is 18.6 Å². The van der Waals surface area contributed by atoms with Crippen LogP contribution in [0.5, 0.6) is 0 Å². The number of carbonyl (C=O) groups excluding carboxylic acids is 1. The summed E-state index contributed by atoms with van der Waals surface area (Å²) in [6.07, 6.45) is 0.768. The summed E-state index contributed by atoms with van der Waals surface area (Å²) < 4.78 is 5.14. The van der Waals surface area contributed by atoms with Gasteiger partial charge in [-0.25, -0.2) is 0 Å². The van der Waals surface area contributed by atoms with Crippen molar-refractivity contribution in [2.45, 2.75) is 13.3 Å². The number of aliphatic hydroxyl groups excluding tert-OH is 1. The quantitative estimate of drug-likeness (QED) is 0.606. The first kappa shape index (κ1) is 9.48. The second-order valence-corrected chi connectivity index (χ2v) is 3.34. The Labute approximate surface area is 71.9 Å². The fourth-order valence-corrected chi connectivity index (χ4v) is 1.23. The molecule has 0 aliphatic carbocycles. The molecular weight excluding hydrogens is 158 g/mol. The molecule has 1 unspecified atom stereocenters. The van der Waals surface area contributed by atoms with Crippen molar-refractivity contribution >= 4 is 5.91 Å². The van der Waals surface area contributed by atoms with Crippen LogP contribution in [0, 0.1) is 5.41 Å². The van der Waals surface area contributed by atoms with E-state index >= 15 is 0 Å². The van der Waals surface area contributed by atoms with Crippen molar-refractivity contribution in [3.8, 4) is 0 Å². The van der Waals surface area contributed by atoms with Gasteiger partial charge < -0.3 is 15.2 Å². The Balaban J connectivity index is 2.39. The zero-order valence-electron chi connectivity index (χ0n) is 7.30. The van der Waals surface area contributed by atoms with E-state index in [1.165, 1.54) is 0 Å². The zero-order chi connectivity index (χ0) is 9.03. The Morgan fingerprint density at radius 3 is 3.00 bits per heavy atom. The highest BCUT2D eigenvalue weighted by atomic mass is 16.5. The maximum Gasteiger partial charge on any atom is 0.228 e. The molecule has 0 aromatic carbocycles. The molecule has 0 radical (unpaired) electrons. The Kier molecular flexibility index (Phi) is 3.05. The maximum atomic E-state index is 11.4. The van der Waals surface area contributed by atoms with Gasteiger partial charge in [-0.2, -0.15) is 0 Å². The first-order valence-electron chi connectivity index (χ1n) is 4.16. The van der Waals surface area contributed by atoms with Gasteiger partial charge in [-0.05, 0) is 13.3 Å². The molecule has 1 saturated heterocycles. The maximum absolute atomic E-state index is 11.4. The number of hydrogen-bond donors (Lipinski definition) is 2. The van der Waals surface area contributed by atoms with Gasteiger partial charge in [-0.1, -0.05) is 0 Å². The Bertz CT molecular complexity index is 164. The average molecular weight is 173 g/mol. The molecule has 70 valence electrons. The number of nitrogens with one attached hydrogen (secondary N) is 1. The third-order valence-corrected chi connectivity index (χ3v) is 2.16. The molecule has 1 amide bonds. The van der Waals surface area contributed by atoms with E-state index in [-0.39, 0.29) is 17.9 Å². The lowest BCUT2D eigenvalue weighted by Gasteiger charge is -2.19. The molecule has 1 fully saturated rings. The Morgan fingerprint density at radius 2 is 2.50 bits per heavy atom. The smallest absolute Gasteiger partial charge is 0.228 e. The van der Waals surface area contributed by atoms with Crippen molar-refractivity contribution < 1.29 is 14.6 Å². The molecule has 1 aliphatic heterocycles. The first-order valence-corrected chi connectivity index (χ1v) is 4.16. The minimum absolute atomic E-state index is 0.0112. The molecule has 1 rings (SSSR count). The molecule has 0 aromatic rings. The van der Waals surface area contributed by atoms with E-state index in [1.807, 2.05) is 6.92 Å². The van der Waals surface area contributed by atoms with Crippen LogP contribution in [0.3, 0.4) is 0 Å². The van der Waals surface area contributed by atoms with E-state index in [2.05, 4.69) is 5.32 Å². The summed E-state index contributed by atoms with van der Waals surface area (Å²) >= 11 is 0. The van der Waals surface area contributed by atoms with Gasteiger partial charge >= 0.3 is 0 Å². The van der Waals surface area contributed by atoms with Crippen LogP contribution in [-0.2, 0) is 9.53 Å². The SMILES string of the molecule is CC1(C(=O)NCCO)CCOC1. The molecule has 1 heterocycles. The summed E-state index contributed by atoms with van der Waals surface area (Å²) in [7, 11) is 0. The standard InChI is InChI=1S/C8H15NO3/c1-8(2-5-12-6-8)7(11)9-3-4-10/h10H,2-6H2,1H3,(H,9,11). The average Bonchev–Trinajstić information content (AvgIpc) is 2.49. The summed E-state index contributed by atoms with van der Waals surface area (Å²) in [6, 6.07) is 0. The topological polar surface area (TPSA) is 58.6 Å². The number of ether oxygens (including phenoxy) is 1. The molecule has 4 heteroatoms. The van der Waals surface area contributed by atoms with Crippen LogP contribution in [0.4, 0.5) is 0 Å². The molecule has 1 aliphatic rings. The van der Waals surface area contributed by atoms with E-state index in [0.29, 0.717) is 19.8 Å². The second kappa shape index (κ2) is 3.87. The highest BCUT2D eigenvalue weighted by Gasteiger charge is 2.36. The van der Waals surface area contributed by atoms with E-state index < -0.39 is 0 Å². The minimum atomic E-state index is -0.380. The second-order valence-electron chi connectivity index (χ2n) is 3.34. The molecule has 0 saturated carbocycles. The van der Waals surface area contributed by atoms with Crippen LogP contribution in [0.25, 0.3) is 0 Å². The van der Waals surface area contributed by atoms with Crippen LogP contribution in [-0.4, -0.2) is 37.4 Å². The monoisotopic (exact) mass is 173 g/mol. The fraction of sp³-hybridized carbons (Fsp3) is 0.875. The van der Waals surface area contributed by atoms with Gasteiger partial charge in [0.25, 0.3) is 0 Å². The number of amides is 1. The van der Waals surface area contributed by atoms with E-state index in [9.17, 15) is 4.79 Å². The lowest BCUT2D eigenvalue weighted by atomic mass is 9.89. The van der Waals surface area contributed by atoms with Crippen molar-refractivity contribution in [2.24, 2.45) is 5.41 Å². The van der Waals surface area contributed by atoms with Crippen LogP contribution in [0.15, 0.2) is 0 Å². The molecule has 2 N–H and O–H groups in total. The van der Waals surface area contributed by atoms with Crippen molar-refractivity contribution in [3.05, 3.63) is 0 Å². The molecule has 1 atom stereocenters. The van der Waals surface area contributed by atoms with Gasteiger partial charge in [0.2, 0.25) is 5.91 Å². The Morgan fingerprint density at radius 1 is 1.75 bits per heavy atom. The molecule has 0 bridgehead atoms. The van der Waals surface area contributed by atoms with Gasteiger partial charge in [0, 0.05) is 13.2 Å².